The van der Waals surface area contributed by atoms with Crippen molar-refractivity contribution in [1.82, 2.24) is 9.80 Å². The molecule has 2 aliphatic heterocycles. The monoisotopic (exact) mass is 369 g/mol. The molecule has 1 aliphatic carbocycles. The van der Waals surface area contributed by atoms with Gasteiger partial charge in [-0.2, -0.15) is 0 Å². The Morgan fingerprint density at radius 3 is 2.48 bits per heavy atom. The average Bonchev–Trinajstić information content (AvgIpc) is 3.33. The highest BCUT2D eigenvalue weighted by molar-refractivity contribution is 7.99. The summed E-state index contributed by atoms with van der Waals surface area (Å²) in [5, 5.41) is 0. The summed E-state index contributed by atoms with van der Waals surface area (Å²) in [6.45, 7) is 2.83. The van der Waals surface area contributed by atoms with Crippen LogP contribution in [0.4, 0.5) is 0 Å². The van der Waals surface area contributed by atoms with E-state index >= 15 is 0 Å². The number of rotatable bonds is 6. The van der Waals surface area contributed by atoms with Crippen molar-refractivity contribution < 1.29 is 14.3 Å². The molecule has 0 bridgehead atoms. The number of hydrogen-bond donors (Lipinski definition) is 1. The van der Waals surface area contributed by atoms with Crippen LogP contribution in [0.5, 0.6) is 0 Å². The number of ether oxygens (including phenoxy) is 1. The molecule has 6 nitrogen and oxygen atoms in total. The lowest BCUT2D eigenvalue weighted by molar-refractivity contribution is -0.147. The van der Waals surface area contributed by atoms with Crippen molar-refractivity contribution in [2.45, 2.75) is 57.1 Å². The second kappa shape index (κ2) is 9.24. The second-order valence-electron chi connectivity index (χ2n) is 7.34. The highest BCUT2D eigenvalue weighted by Gasteiger charge is 2.40. The molecule has 7 heteroatoms. The minimum atomic E-state index is -0.257. The number of carbonyl (C=O) groups is 2. The largest absolute Gasteiger partial charge is 0.378 e. The van der Waals surface area contributed by atoms with Crippen LogP contribution in [0.25, 0.3) is 0 Å². The predicted molar refractivity (Wildman–Crippen MR) is 99.1 cm³/mol. The Kier molecular flexibility index (Phi) is 7.01. The van der Waals surface area contributed by atoms with Crippen LogP contribution >= 0.6 is 11.8 Å². The van der Waals surface area contributed by atoms with Gasteiger partial charge in [-0.25, -0.2) is 0 Å². The number of hydrogen-bond acceptors (Lipinski definition) is 5. The SMILES string of the molecule is NCCCOC1CCN(C(=O)C2CSCN2C(=O)C2CCCC2)CC1. The smallest absolute Gasteiger partial charge is 0.246 e. The first kappa shape index (κ1) is 19.0. The van der Waals surface area contributed by atoms with Crippen LogP contribution in [-0.2, 0) is 14.3 Å². The molecular weight excluding hydrogens is 338 g/mol. The third-order valence-electron chi connectivity index (χ3n) is 5.61. The zero-order chi connectivity index (χ0) is 17.6. The van der Waals surface area contributed by atoms with Crippen LogP contribution in [-0.4, -0.2) is 71.6 Å². The molecule has 2 heterocycles. The van der Waals surface area contributed by atoms with Crippen molar-refractivity contribution in [2.75, 3.05) is 37.9 Å². The summed E-state index contributed by atoms with van der Waals surface area (Å²) in [6, 6.07) is -0.257. The van der Waals surface area contributed by atoms with E-state index in [0.29, 0.717) is 19.0 Å². The summed E-state index contributed by atoms with van der Waals surface area (Å²) < 4.78 is 5.82. The number of likely N-dealkylation sites (tertiary alicyclic amines) is 1. The van der Waals surface area contributed by atoms with Gasteiger partial charge in [-0.15, -0.1) is 11.8 Å². The van der Waals surface area contributed by atoms with Crippen LogP contribution in [0.2, 0.25) is 0 Å². The van der Waals surface area contributed by atoms with Crippen LogP contribution < -0.4 is 5.73 Å². The fourth-order valence-electron chi connectivity index (χ4n) is 4.06. The number of nitrogens with two attached hydrogens (primary N) is 1. The first-order valence-electron chi connectivity index (χ1n) is 9.69. The minimum absolute atomic E-state index is 0.136. The Balaban J connectivity index is 1.49. The van der Waals surface area contributed by atoms with Crippen LogP contribution in [0.1, 0.15) is 44.9 Å². The maximum atomic E-state index is 13.0. The molecule has 0 aromatic rings. The standard InChI is InChI=1S/C18H31N3O3S/c19-8-3-11-24-15-6-9-20(10-7-15)18(23)16-12-25-13-21(16)17(22)14-4-1-2-5-14/h14-16H,1-13,19H2. The van der Waals surface area contributed by atoms with Gasteiger partial charge in [-0.05, 0) is 38.6 Å². The van der Waals surface area contributed by atoms with E-state index in [4.69, 9.17) is 10.5 Å². The van der Waals surface area contributed by atoms with E-state index in [-0.39, 0.29) is 29.9 Å². The first-order chi connectivity index (χ1) is 12.2. The lowest BCUT2D eigenvalue weighted by Crippen LogP contribution is -2.52. The highest BCUT2D eigenvalue weighted by atomic mass is 32.2. The Morgan fingerprint density at radius 1 is 1.08 bits per heavy atom. The van der Waals surface area contributed by atoms with Crippen LogP contribution in [0.3, 0.4) is 0 Å². The maximum Gasteiger partial charge on any atom is 0.246 e. The molecule has 2 saturated heterocycles. The van der Waals surface area contributed by atoms with Crippen molar-refractivity contribution in [3.05, 3.63) is 0 Å². The van der Waals surface area contributed by atoms with E-state index in [9.17, 15) is 9.59 Å². The molecule has 0 radical (unpaired) electrons. The molecule has 3 aliphatic rings. The van der Waals surface area contributed by atoms with Crippen LogP contribution in [0, 0.1) is 5.92 Å². The van der Waals surface area contributed by atoms with E-state index in [1.54, 1.807) is 11.8 Å². The van der Waals surface area contributed by atoms with Crippen molar-refractivity contribution in [3.8, 4) is 0 Å². The molecule has 3 fully saturated rings. The summed E-state index contributed by atoms with van der Waals surface area (Å²) in [7, 11) is 0. The Hall–Kier alpha value is -0.790. The van der Waals surface area contributed by atoms with E-state index in [1.807, 2.05) is 9.80 Å². The molecule has 0 aromatic heterocycles. The first-order valence-corrected chi connectivity index (χ1v) is 10.8. The van der Waals surface area contributed by atoms with Crippen molar-refractivity contribution in [3.63, 3.8) is 0 Å². The number of piperidine rings is 1. The van der Waals surface area contributed by atoms with Gasteiger partial charge < -0.3 is 20.3 Å². The Bertz CT molecular complexity index is 462. The zero-order valence-electron chi connectivity index (χ0n) is 15.0. The van der Waals surface area contributed by atoms with Crippen molar-refractivity contribution in [1.29, 1.82) is 0 Å². The molecule has 25 heavy (non-hydrogen) atoms. The van der Waals surface area contributed by atoms with E-state index in [0.717, 1.165) is 63.8 Å². The van der Waals surface area contributed by atoms with E-state index in [1.165, 1.54) is 0 Å². The summed E-state index contributed by atoms with van der Waals surface area (Å²) >= 11 is 1.70. The predicted octanol–water partition coefficient (Wildman–Crippen LogP) is 1.43. The summed E-state index contributed by atoms with van der Waals surface area (Å²) in [4.78, 5) is 29.5. The van der Waals surface area contributed by atoms with Gasteiger partial charge in [-0.1, -0.05) is 12.8 Å². The van der Waals surface area contributed by atoms with Crippen molar-refractivity contribution in [2.24, 2.45) is 11.7 Å². The molecule has 2 N–H and O–H groups in total. The van der Waals surface area contributed by atoms with Crippen molar-refractivity contribution >= 4 is 23.6 Å². The molecule has 142 valence electrons. The molecule has 1 saturated carbocycles. The topological polar surface area (TPSA) is 75.9 Å². The summed E-state index contributed by atoms with van der Waals surface area (Å²) in [5.41, 5.74) is 5.49. The summed E-state index contributed by atoms with van der Waals surface area (Å²) in [6.07, 6.45) is 7.17. The maximum absolute atomic E-state index is 13.0. The van der Waals surface area contributed by atoms with Gasteiger partial charge in [0, 0.05) is 31.4 Å². The Labute approximate surface area is 154 Å². The molecule has 3 rings (SSSR count). The quantitative estimate of drug-likeness (QED) is 0.717. The number of amides is 2. The van der Waals surface area contributed by atoms with Gasteiger partial charge in [0.15, 0.2) is 0 Å². The van der Waals surface area contributed by atoms with Gasteiger partial charge in [0.05, 0.1) is 12.0 Å². The lowest BCUT2D eigenvalue weighted by Gasteiger charge is -2.35. The molecule has 2 amide bonds. The highest BCUT2D eigenvalue weighted by Crippen LogP contribution is 2.31. The van der Waals surface area contributed by atoms with Gasteiger partial charge in [0.2, 0.25) is 11.8 Å². The van der Waals surface area contributed by atoms with E-state index < -0.39 is 0 Å². The number of nitrogens with zero attached hydrogens (tertiary/aromatic N) is 2. The fraction of sp³-hybridized carbons (Fsp3) is 0.889. The normalized spacial score (nSPS) is 25.7. The third kappa shape index (κ3) is 4.68. The van der Waals surface area contributed by atoms with Crippen LogP contribution in [0.15, 0.2) is 0 Å². The second-order valence-corrected chi connectivity index (χ2v) is 8.34. The molecule has 1 unspecified atom stereocenters. The number of carbonyl (C=O) groups excluding carboxylic acids is 2. The summed E-state index contributed by atoms with van der Waals surface area (Å²) in [5.74, 6) is 1.91. The molecule has 0 aromatic carbocycles. The van der Waals surface area contributed by atoms with E-state index in [2.05, 4.69) is 0 Å². The lowest BCUT2D eigenvalue weighted by atomic mass is 10.0. The molecule has 0 spiro atoms. The fourth-order valence-corrected chi connectivity index (χ4v) is 5.21. The minimum Gasteiger partial charge on any atom is -0.378 e. The number of thioether (sulfide) groups is 1. The third-order valence-corrected chi connectivity index (χ3v) is 6.62. The van der Waals surface area contributed by atoms with Gasteiger partial charge >= 0.3 is 0 Å². The van der Waals surface area contributed by atoms with Gasteiger partial charge in [0.25, 0.3) is 0 Å². The Morgan fingerprint density at radius 2 is 1.80 bits per heavy atom. The zero-order valence-corrected chi connectivity index (χ0v) is 15.8. The molecule has 1 atom stereocenters. The van der Waals surface area contributed by atoms with Gasteiger partial charge in [0.1, 0.15) is 6.04 Å². The van der Waals surface area contributed by atoms with Gasteiger partial charge in [-0.3, -0.25) is 9.59 Å². The molecular formula is C18H31N3O3S. The average molecular weight is 370 g/mol.